The normalized spacial score (nSPS) is 11.7. The SMILES string of the molecule is CCNC(=NCCc1nc(C)c(C)s1)NCCc1coc(-c2ccc(F)cc2)n1. The summed E-state index contributed by atoms with van der Waals surface area (Å²) in [5.74, 6) is 0.995. The minimum atomic E-state index is -0.278. The van der Waals surface area contributed by atoms with Crippen molar-refractivity contribution in [1.29, 1.82) is 0 Å². The van der Waals surface area contributed by atoms with Crippen LogP contribution in [0.25, 0.3) is 11.5 Å². The molecule has 0 aliphatic heterocycles. The van der Waals surface area contributed by atoms with Crippen molar-refractivity contribution in [3.63, 3.8) is 0 Å². The number of rotatable bonds is 8. The van der Waals surface area contributed by atoms with Crippen LogP contribution in [0, 0.1) is 19.7 Å². The molecule has 3 aromatic rings. The van der Waals surface area contributed by atoms with Gasteiger partial charge >= 0.3 is 0 Å². The third kappa shape index (κ3) is 6.12. The lowest BCUT2D eigenvalue weighted by molar-refractivity contribution is 0.571. The van der Waals surface area contributed by atoms with Gasteiger partial charge in [0.1, 0.15) is 12.1 Å². The predicted octanol–water partition coefficient (Wildman–Crippen LogP) is 3.89. The van der Waals surface area contributed by atoms with Gasteiger partial charge in [0, 0.05) is 42.9 Å². The van der Waals surface area contributed by atoms with Gasteiger partial charge in [-0.15, -0.1) is 11.3 Å². The number of nitrogens with one attached hydrogen (secondary N) is 2. The summed E-state index contributed by atoms with van der Waals surface area (Å²) < 4.78 is 18.5. The molecule has 2 heterocycles. The molecular formula is C21H26FN5OS. The number of benzene rings is 1. The van der Waals surface area contributed by atoms with Gasteiger partial charge in [0.25, 0.3) is 0 Å². The van der Waals surface area contributed by atoms with Gasteiger partial charge in [-0.3, -0.25) is 4.99 Å². The first kappa shape index (κ1) is 21.0. The smallest absolute Gasteiger partial charge is 0.226 e. The highest BCUT2D eigenvalue weighted by Crippen LogP contribution is 2.19. The van der Waals surface area contributed by atoms with Crippen LogP contribution < -0.4 is 10.6 Å². The second-order valence-corrected chi connectivity index (χ2v) is 7.88. The van der Waals surface area contributed by atoms with E-state index in [9.17, 15) is 4.39 Å². The summed E-state index contributed by atoms with van der Waals surface area (Å²) in [6.07, 6.45) is 3.16. The zero-order valence-corrected chi connectivity index (χ0v) is 17.8. The summed E-state index contributed by atoms with van der Waals surface area (Å²) in [7, 11) is 0. The first-order chi connectivity index (χ1) is 14.0. The standard InChI is InChI=1S/C21H26FN5OS/c1-4-23-21(25-12-10-19-26-14(2)15(3)29-19)24-11-9-18-13-28-20(27-18)16-5-7-17(22)8-6-16/h5-8,13H,4,9-12H2,1-3H3,(H2,23,24,25). The Morgan fingerprint density at radius 3 is 2.62 bits per heavy atom. The number of aryl methyl sites for hydroxylation is 2. The Morgan fingerprint density at radius 1 is 1.14 bits per heavy atom. The second-order valence-electron chi connectivity index (χ2n) is 6.59. The lowest BCUT2D eigenvalue weighted by Gasteiger charge is -2.10. The van der Waals surface area contributed by atoms with Gasteiger partial charge < -0.3 is 15.1 Å². The summed E-state index contributed by atoms with van der Waals surface area (Å²) in [5.41, 5.74) is 2.70. The molecule has 29 heavy (non-hydrogen) atoms. The molecule has 0 atom stereocenters. The summed E-state index contributed by atoms with van der Waals surface area (Å²) >= 11 is 1.74. The van der Waals surface area contributed by atoms with Crippen molar-refractivity contribution in [3.05, 3.63) is 57.6 Å². The fourth-order valence-corrected chi connectivity index (χ4v) is 3.63. The van der Waals surface area contributed by atoms with Crippen LogP contribution in [-0.4, -0.2) is 35.6 Å². The Labute approximate surface area is 174 Å². The summed E-state index contributed by atoms with van der Waals surface area (Å²) in [6, 6.07) is 6.11. The molecule has 2 N–H and O–H groups in total. The molecule has 3 rings (SSSR count). The maximum atomic E-state index is 13.0. The van der Waals surface area contributed by atoms with Crippen molar-refractivity contribution in [2.24, 2.45) is 4.99 Å². The molecule has 0 aliphatic carbocycles. The molecule has 0 spiro atoms. The number of hydrogen-bond donors (Lipinski definition) is 2. The monoisotopic (exact) mass is 415 g/mol. The molecular weight excluding hydrogens is 389 g/mol. The van der Waals surface area contributed by atoms with Crippen molar-refractivity contribution in [3.8, 4) is 11.5 Å². The van der Waals surface area contributed by atoms with E-state index in [4.69, 9.17) is 4.42 Å². The first-order valence-corrected chi connectivity index (χ1v) is 10.5. The zero-order valence-electron chi connectivity index (χ0n) is 17.0. The van der Waals surface area contributed by atoms with E-state index in [1.165, 1.54) is 17.0 Å². The second kappa shape index (κ2) is 10.2. The van der Waals surface area contributed by atoms with Crippen LogP contribution in [0.3, 0.4) is 0 Å². The Bertz CT molecular complexity index is 929. The van der Waals surface area contributed by atoms with Gasteiger partial charge in [-0.1, -0.05) is 0 Å². The molecule has 0 bridgehead atoms. The topological polar surface area (TPSA) is 75.3 Å². The summed E-state index contributed by atoms with van der Waals surface area (Å²) in [6.45, 7) is 8.32. The minimum Gasteiger partial charge on any atom is -0.444 e. The Balaban J connectivity index is 1.49. The molecule has 0 radical (unpaired) electrons. The third-order valence-electron chi connectivity index (χ3n) is 4.33. The number of guanidine groups is 1. The lowest BCUT2D eigenvalue weighted by atomic mass is 10.2. The van der Waals surface area contributed by atoms with Crippen LogP contribution in [-0.2, 0) is 12.8 Å². The van der Waals surface area contributed by atoms with E-state index in [-0.39, 0.29) is 5.82 Å². The van der Waals surface area contributed by atoms with Crippen LogP contribution in [0.5, 0.6) is 0 Å². The van der Waals surface area contributed by atoms with Gasteiger partial charge in [0.05, 0.1) is 16.4 Å². The molecule has 0 unspecified atom stereocenters. The van der Waals surface area contributed by atoms with E-state index in [2.05, 4.69) is 32.5 Å². The highest BCUT2D eigenvalue weighted by molar-refractivity contribution is 7.11. The van der Waals surface area contributed by atoms with Crippen molar-refractivity contribution in [1.82, 2.24) is 20.6 Å². The van der Waals surface area contributed by atoms with Crippen LogP contribution in [0.15, 0.2) is 39.9 Å². The molecule has 6 nitrogen and oxygen atoms in total. The molecule has 0 amide bonds. The minimum absolute atomic E-state index is 0.278. The van der Waals surface area contributed by atoms with Gasteiger partial charge in [0.15, 0.2) is 5.96 Å². The number of thiazole rings is 1. The van der Waals surface area contributed by atoms with Crippen molar-refractivity contribution in [2.45, 2.75) is 33.6 Å². The van der Waals surface area contributed by atoms with E-state index in [0.717, 1.165) is 40.9 Å². The van der Waals surface area contributed by atoms with E-state index in [0.29, 0.717) is 25.4 Å². The summed E-state index contributed by atoms with van der Waals surface area (Å²) in [5, 5.41) is 7.69. The molecule has 0 saturated carbocycles. The third-order valence-corrected chi connectivity index (χ3v) is 5.46. The quantitative estimate of drug-likeness (QED) is 0.431. The lowest BCUT2D eigenvalue weighted by Crippen LogP contribution is -2.38. The van der Waals surface area contributed by atoms with Crippen LogP contribution in [0.1, 0.15) is 28.2 Å². The van der Waals surface area contributed by atoms with E-state index >= 15 is 0 Å². The first-order valence-electron chi connectivity index (χ1n) is 9.70. The fraction of sp³-hybridized carbons (Fsp3) is 0.381. The predicted molar refractivity (Wildman–Crippen MR) is 115 cm³/mol. The fourth-order valence-electron chi connectivity index (χ4n) is 2.71. The number of oxazole rings is 1. The number of hydrogen-bond acceptors (Lipinski definition) is 5. The van der Waals surface area contributed by atoms with Crippen LogP contribution >= 0.6 is 11.3 Å². The van der Waals surface area contributed by atoms with Crippen LogP contribution in [0.2, 0.25) is 0 Å². The number of halogens is 1. The maximum Gasteiger partial charge on any atom is 0.226 e. The number of aliphatic imine (C=N–C) groups is 1. The largest absolute Gasteiger partial charge is 0.444 e. The highest BCUT2D eigenvalue weighted by atomic mass is 32.1. The molecule has 1 aromatic carbocycles. The van der Waals surface area contributed by atoms with E-state index in [1.807, 2.05) is 13.8 Å². The molecule has 0 saturated heterocycles. The molecule has 154 valence electrons. The van der Waals surface area contributed by atoms with Crippen molar-refractivity contribution < 1.29 is 8.81 Å². The molecule has 2 aromatic heterocycles. The van der Waals surface area contributed by atoms with E-state index in [1.54, 1.807) is 29.7 Å². The molecule has 0 aliphatic rings. The Morgan fingerprint density at radius 2 is 1.93 bits per heavy atom. The Hall–Kier alpha value is -2.74. The van der Waals surface area contributed by atoms with Gasteiger partial charge in [-0.2, -0.15) is 0 Å². The average molecular weight is 416 g/mol. The molecule has 8 heteroatoms. The Kier molecular flexibility index (Phi) is 7.35. The molecule has 0 fully saturated rings. The number of nitrogens with zero attached hydrogens (tertiary/aromatic N) is 3. The average Bonchev–Trinajstić information content (AvgIpc) is 3.29. The zero-order chi connectivity index (χ0) is 20.6. The van der Waals surface area contributed by atoms with Gasteiger partial charge in [-0.25, -0.2) is 14.4 Å². The maximum absolute atomic E-state index is 13.0. The van der Waals surface area contributed by atoms with Crippen molar-refractivity contribution in [2.75, 3.05) is 19.6 Å². The van der Waals surface area contributed by atoms with Gasteiger partial charge in [0.2, 0.25) is 5.89 Å². The van der Waals surface area contributed by atoms with E-state index < -0.39 is 0 Å². The summed E-state index contributed by atoms with van der Waals surface area (Å²) in [4.78, 5) is 14.9. The number of aromatic nitrogens is 2. The van der Waals surface area contributed by atoms with Gasteiger partial charge in [-0.05, 0) is 45.0 Å². The highest BCUT2D eigenvalue weighted by Gasteiger charge is 2.08. The van der Waals surface area contributed by atoms with Crippen LogP contribution in [0.4, 0.5) is 4.39 Å². The van der Waals surface area contributed by atoms with Crippen molar-refractivity contribution >= 4 is 17.3 Å².